The number of nitrogens with zero attached hydrogens (tertiary/aromatic N) is 6. The first-order valence-electron chi connectivity index (χ1n) is 20.8. The van der Waals surface area contributed by atoms with Gasteiger partial charge in [0.25, 0.3) is 0 Å². The lowest BCUT2D eigenvalue weighted by atomic mass is 10.0. The third-order valence-corrected chi connectivity index (χ3v) is 11.4. The van der Waals surface area contributed by atoms with Crippen LogP contribution >= 0.6 is 0 Å². The fourth-order valence-electron chi connectivity index (χ4n) is 8.39. The van der Waals surface area contributed by atoms with Crippen molar-refractivity contribution in [3.63, 3.8) is 0 Å². The molecule has 11 rings (SSSR count). The van der Waals surface area contributed by atoms with Crippen molar-refractivity contribution in [3.05, 3.63) is 230 Å². The van der Waals surface area contributed by atoms with Crippen molar-refractivity contribution in [1.82, 2.24) is 24.5 Å². The molecule has 0 saturated heterocycles. The summed E-state index contributed by atoms with van der Waals surface area (Å²) in [5.41, 5.74) is 14.7. The molecular weight excluding hydrogens is 769 g/mol. The zero-order valence-corrected chi connectivity index (χ0v) is 34.0. The maximum Gasteiger partial charge on any atom is 0.187 e. The molecule has 0 aliphatic carbocycles. The Morgan fingerprint density at radius 3 is 1.43 bits per heavy atom. The van der Waals surface area contributed by atoms with E-state index in [-0.39, 0.29) is 0 Å². The minimum Gasteiger partial charge on any atom is -0.309 e. The molecule has 6 heteroatoms. The van der Waals surface area contributed by atoms with Gasteiger partial charge in [0.05, 0.1) is 46.1 Å². The van der Waals surface area contributed by atoms with Crippen LogP contribution in [0.15, 0.2) is 218 Å². The van der Waals surface area contributed by atoms with Crippen molar-refractivity contribution in [3.8, 4) is 84.6 Å². The molecule has 8 aromatic carbocycles. The molecule has 294 valence electrons. The number of benzene rings is 8. The predicted octanol–water partition coefficient (Wildman–Crippen LogP) is 14.6. The molecule has 0 bridgehead atoms. The van der Waals surface area contributed by atoms with E-state index in [1.165, 1.54) is 0 Å². The second-order valence-corrected chi connectivity index (χ2v) is 15.4. The molecular formula is C57H36N6. The third kappa shape index (κ3) is 7.10. The molecule has 0 unspecified atom stereocenters. The molecule has 6 nitrogen and oxygen atoms in total. The van der Waals surface area contributed by atoms with Gasteiger partial charge in [0.1, 0.15) is 0 Å². The Balaban J connectivity index is 1.19. The normalized spacial score (nSPS) is 11.2. The van der Waals surface area contributed by atoms with E-state index < -0.39 is 0 Å². The van der Waals surface area contributed by atoms with Gasteiger partial charge in [0.15, 0.2) is 17.3 Å². The summed E-state index contributed by atoms with van der Waals surface area (Å²) in [6.07, 6.45) is 0. The minimum absolute atomic E-state index is 0.608. The van der Waals surface area contributed by atoms with Crippen LogP contribution in [0.2, 0.25) is 0 Å². The molecule has 0 amide bonds. The Labute approximate surface area is 365 Å². The summed E-state index contributed by atoms with van der Waals surface area (Å²) >= 11 is 0. The molecule has 0 fully saturated rings. The van der Waals surface area contributed by atoms with Crippen molar-refractivity contribution < 1.29 is 0 Å². The number of rotatable bonds is 8. The maximum atomic E-state index is 7.63. The average molecular weight is 805 g/mol. The number of fused-ring (bicyclic) bond motifs is 3. The van der Waals surface area contributed by atoms with Crippen molar-refractivity contribution in [2.45, 2.75) is 0 Å². The van der Waals surface area contributed by atoms with Crippen molar-refractivity contribution >= 4 is 27.5 Å². The van der Waals surface area contributed by atoms with E-state index >= 15 is 0 Å². The molecule has 0 atom stereocenters. The number of hydrogen-bond donors (Lipinski definition) is 0. The lowest BCUT2D eigenvalue weighted by Crippen LogP contribution is -2.02. The van der Waals surface area contributed by atoms with E-state index in [1.807, 2.05) is 91.0 Å². The summed E-state index contributed by atoms with van der Waals surface area (Å²) in [6.45, 7) is 7.63. The summed E-state index contributed by atoms with van der Waals surface area (Å²) in [4.78, 5) is 24.7. The van der Waals surface area contributed by atoms with E-state index in [0.717, 1.165) is 94.8 Å². The highest BCUT2D eigenvalue weighted by molar-refractivity contribution is 6.11. The summed E-state index contributed by atoms with van der Waals surface area (Å²) in [5, 5.41) is 2.23. The van der Waals surface area contributed by atoms with E-state index in [2.05, 4.69) is 137 Å². The molecule has 0 saturated carbocycles. The maximum absolute atomic E-state index is 7.63. The van der Waals surface area contributed by atoms with E-state index in [1.54, 1.807) is 0 Å². The van der Waals surface area contributed by atoms with Crippen LogP contribution < -0.4 is 0 Å². The average Bonchev–Trinajstić information content (AvgIpc) is 3.70. The minimum atomic E-state index is 0.608. The number of aromatic nitrogens is 5. The first-order valence-corrected chi connectivity index (χ1v) is 20.8. The highest BCUT2D eigenvalue weighted by Gasteiger charge is 2.21. The van der Waals surface area contributed by atoms with Gasteiger partial charge in [-0.05, 0) is 65.7 Å². The van der Waals surface area contributed by atoms with Gasteiger partial charge in [-0.2, -0.15) is 0 Å². The summed E-state index contributed by atoms with van der Waals surface area (Å²) < 4.78 is 2.34. The highest BCUT2D eigenvalue weighted by Crippen LogP contribution is 2.41. The Bertz CT molecular complexity index is 3390. The van der Waals surface area contributed by atoms with E-state index in [0.29, 0.717) is 17.3 Å². The molecule has 0 radical (unpaired) electrons. The fourth-order valence-corrected chi connectivity index (χ4v) is 8.39. The van der Waals surface area contributed by atoms with E-state index in [9.17, 15) is 0 Å². The smallest absolute Gasteiger partial charge is 0.187 e. The third-order valence-electron chi connectivity index (χ3n) is 11.4. The van der Waals surface area contributed by atoms with Crippen LogP contribution in [0, 0.1) is 6.57 Å². The fraction of sp³-hybridized carbons (Fsp3) is 0. The van der Waals surface area contributed by atoms with Gasteiger partial charge in [-0.1, -0.05) is 164 Å². The second-order valence-electron chi connectivity index (χ2n) is 15.4. The predicted molar refractivity (Wildman–Crippen MR) is 256 cm³/mol. The SMILES string of the molecule is [C-]#[N+]c1cccc(-c2ccc3c(c2)c2ccccc2n3-c2ccc(-c3nc(-c4ccccc4)cc(-c4ccccc4)n3)cc2-c2cc(-c3ccccc3)nc(-c3ccccc3)n2)c1. The van der Waals surface area contributed by atoms with Crippen LogP contribution in [0.4, 0.5) is 5.69 Å². The van der Waals surface area contributed by atoms with Gasteiger partial charge in [-0.25, -0.2) is 24.8 Å². The van der Waals surface area contributed by atoms with Crippen LogP contribution in [0.5, 0.6) is 0 Å². The Morgan fingerprint density at radius 1 is 0.333 bits per heavy atom. The topological polar surface area (TPSA) is 60.9 Å². The Morgan fingerprint density at radius 2 is 0.810 bits per heavy atom. The molecule has 0 aliphatic heterocycles. The van der Waals surface area contributed by atoms with E-state index in [4.69, 9.17) is 26.5 Å². The molecule has 0 aliphatic rings. The molecule has 0 N–H and O–H groups in total. The Hall–Kier alpha value is -8.79. The zero-order valence-electron chi connectivity index (χ0n) is 34.0. The van der Waals surface area contributed by atoms with Gasteiger partial charge in [-0.15, -0.1) is 0 Å². The largest absolute Gasteiger partial charge is 0.309 e. The molecule has 11 aromatic rings. The first kappa shape index (κ1) is 37.2. The highest BCUT2D eigenvalue weighted by atomic mass is 15.0. The van der Waals surface area contributed by atoms with Crippen LogP contribution in [0.3, 0.4) is 0 Å². The van der Waals surface area contributed by atoms with Gasteiger partial charge in [0, 0.05) is 44.2 Å². The monoisotopic (exact) mass is 804 g/mol. The van der Waals surface area contributed by atoms with Crippen molar-refractivity contribution in [2.75, 3.05) is 0 Å². The second kappa shape index (κ2) is 16.0. The molecule has 3 aromatic heterocycles. The van der Waals surface area contributed by atoms with Gasteiger partial charge < -0.3 is 4.57 Å². The Kier molecular flexibility index (Phi) is 9.45. The van der Waals surface area contributed by atoms with Gasteiger partial charge in [0.2, 0.25) is 0 Å². The van der Waals surface area contributed by atoms with Crippen LogP contribution in [0.1, 0.15) is 0 Å². The quantitative estimate of drug-likeness (QED) is 0.144. The lowest BCUT2D eigenvalue weighted by Gasteiger charge is -2.17. The van der Waals surface area contributed by atoms with Gasteiger partial charge in [-0.3, -0.25) is 0 Å². The summed E-state index contributed by atoms with van der Waals surface area (Å²) in [5.74, 6) is 1.24. The molecule has 3 heterocycles. The van der Waals surface area contributed by atoms with Crippen molar-refractivity contribution in [1.29, 1.82) is 0 Å². The zero-order chi connectivity index (χ0) is 42.1. The summed E-state index contributed by atoms with van der Waals surface area (Å²) in [7, 11) is 0. The van der Waals surface area contributed by atoms with Crippen LogP contribution in [0.25, 0.3) is 111 Å². The first-order chi connectivity index (χ1) is 31.2. The van der Waals surface area contributed by atoms with Crippen molar-refractivity contribution in [2.24, 2.45) is 0 Å². The number of para-hydroxylation sites is 1. The van der Waals surface area contributed by atoms with Gasteiger partial charge >= 0.3 is 0 Å². The van der Waals surface area contributed by atoms with Crippen LogP contribution in [-0.4, -0.2) is 24.5 Å². The summed E-state index contributed by atoms with van der Waals surface area (Å²) in [6, 6.07) is 74.5. The molecule has 63 heavy (non-hydrogen) atoms. The number of hydrogen-bond acceptors (Lipinski definition) is 4. The lowest BCUT2D eigenvalue weighted by molar-refractivity contribution is 1.14. The standard InChI is InChI=1S/C57H36N6/c1-58-45-26-16-25-42(33-45)43-29-31-54-47(34-43)46-27-14-15-28-53(46)63(54)55-32-30-44(57-60-49(38-17-6-2-7-18-38)36-50(61-57)39-19-8-3-9-20-39)35-48(55)52-37-51(40-21-10-4-11-22-40)59-56(62-52)41-23-12-5-13-24-41/h2-37H. The van der Waals surface area contributed by atoms with Crippen LogP contribution in [-0.2, 0) is 0 Å². The molecule has 0 spiro atoms.